The molecule has 0 saturated heterocycles. The van der Waals surface area contributed by atoms with E-state index in [0.717, 1.165) is 0 Å². The van der Waals surface area contributed by atoms with Crippen LogP contribution in [0.5, 0.6) is 0 Å². The third-order valence-corrected chi connectivity index (χ3v) is 2.58. The lowest BCUT2D eigenvalue weighted by atomic mass is 10.1. The quantitative estimate of drug-likeness (QED) is 0.782. The Hall–Kier alpha value is -1.87. The van der Waals surface area contributed by atoms with Gasteiger partial charge in [-0.15, -0.1) is 0 Å². The summed E-state index contributed by atoms with van der Waals surface area (Å²) in [5.74, 6) is -0.116. The van der Waals surface area contributed by atoms with Crippen LogP contribution in [0.15, 0.2) is 53.5 Å². The number of halogens is 1. The smallest absolute Gasteiger partial charge is 0.251 e. The van der Waals surface area contributed by atoms with Crippen LogP contribution in [0.3, 0.4) is 0 Å². The molecule has 17 heavy (non-hydrogen) atoms. The Morgan fingerprint density at radius 3 is 2.53 bits per heavy atom. The molecule has 0 aliphatic heterocycles. The van der Waals surface area contributed by atoms with Gasteiger partial charge in [0.15, 0.2) is 5.78 Å². The number of pyridine rings is 1. The van der Waals surface area contributed by atoms with E-state index in [0.29, 0.717) is 10.6 Å². The van der Waals surface area contributed by atoms with Crippen LogP contribution in [-0.2, 0) is 6.54 Å². The van der Waals surface area contributed by atoms with E-state index < -0.39 is 0 Å². The summed E-state index contributed by atoms with van der Waals surface area (Å²) in [6.07, 6.45) is 1.46. The number of aromatic nitrogens is 1. The van der Waals surface area contributed by atoms with E-state index >= 15 is 0 Å². The largest absolute Gasteiger partial charge is 0.306 e. The summed E-state index contributed by atoms with van der Waals surface area (Å²) in [6.45, 7) is 0.00338. The van der Waals surface area contributed by atoms with Gasteiger partial charge in [0.2, 0.25) is 0 Å². The molecule has 0 unspecified atom stereocenters. The molecule has 2 rings (SSSR count). The van der Waals surface area contributed by atoms with Crippen LogP contribution in [0.4, 0.5) is 0 Å². The van der Waals surface area contributed by atoms with Crippen molar-refractivity contribution in [3.8, 4) is 0 Å². The second kappa shape index (κ2) is 4.97. The molecule has 1 aromatic heterocycles. The van der Waals surface area contributed by atoms with Crippen LogP contribution in [0.25, 0.3) is 0 Å². The van der Waals surface area contributed by atoms with E-state index in [1.165, 1.54) is 22.9 Å². The third-order valence-electron chi connectivity index (χ3n) is 2.36. The Morgan fingerprint density at radius 1 is 1.12 bits per heavy atom. The van der Waals surface area contributed by atoms with E-state index in [4.69, 9.17) is 11.6 Å². The Morgan fingerprint density at radius 2 is 1.82 bits per heavy atom. The van der Waals surface area contributed by atoms with Gasteiger partial charge in [-0.3, -0.25) is 9.59 Å². The molecule has 0 radical (unpaired) electrons. The highest BCUT2D eigenvalue weighted by Crippen LogP contribution is 2.05. The monoisotopic (exact) mass is 247 g/mol. The van der Waals surface area contributed by atoms with Crippen LogP contribution < -0.4 is 5.56 Å². The third kappa shape index (κ3) is 2.82. The van der Waals surface area contributed by atoms with Gasteiger partial charge in [-0.2, -0.15) is 0 Å². The highest BCUT2D eigenvalue weighted by Gasteiger charge is 2.07. The van der Waals surface area contributed by atoms with Crippen molar-refractivity contribution < 1.29 is 4.79 Å². The number of rotatable bonds is 3. The van der Waals surface area contributed by atoms with E-state index in [1.807, 2.05) is 6.07 Å². The minimum Gasteiger partial charge on any atom is -0.306 e. The fourth-order valence-electron chi connectivity index (χ4n) is 1.50. The topological polar surface area (TPSA) is 39.1 Å². The zero-order valence-electron chi connectivity index (χ0n) is 8.97. The molecule has 0 spiro atoms. The van der Waals surface area contributed by atoms with Crippen molar-refractivity contribution in [1.82, 2.24) is 4.57 Å². The molecular weight excluding hydrogens is 238 g/mol. The number of ketones is 1. The second-order valence-electron chi connectivity index (χ2n) is 3.60. The molecule has 0 saturated carbocycles. The normalized spacial score (nSPS) is 10.2. The molecule has 0 amide bonds. The summed E-state index contributed by atoms with van der Waals surface area (Å²) in [4.78, 5) is 23.4. The number of nitrogens with zero attached hydrogens (tertiary/aromatic N) is 1. The molecule has 1 heterocycles. The number of carbonyl (C=O) groups is 1. The lowest BCUT2D eigenvalue weighted by Gasteiger charge is -2.04. The fraction of sp³-hybridized carbons (Fsp3) is 0.0769. The van der Waals surface area contributed by atoms with Crippen molar-refractivity contribution in [1.29, 1.82) is 0 Å². The van der Waals surface area contributed by atoms with Gasteiger partial charge >= 0.3 is 0 Å². The van der Waals surface area contributed by atoms with Crippen molar-refractivity contribution >= 4 is 17.4 Å². The van der Waals surface area contributed by atoms with E-state index in [1.54, 1.807) is 24.3 Å². The molecule has 0 atom stereocenters. The SMILES string of the molecule is O=C(Cn1cc(Cl)ccc1=O)c1ccccc1. The van der Waals surface area contributed by atoms with Gasteiger partial charge in [0.05, 0.1) is 11.6 Å². The number of benzene rings is 1. The molecule has 0 bridgehead atoms. The molecule has 0 fully saturated rings. The molecule has 0 N–H and O–H groups in total. The van der Waals surface area contributed by atoms with Crippen molar-refractivity contribution in [2.75, 3.05) is 0 Å². The van der Waals surface area contributed by atoms with Crippen LogP contribution in [0.1, 0.15) is 10.4 Å². The number of hydrogen-bond donors (Lipinski definition) is 0. The fourth-order valence-corrected chi connectivity index (χ4v) is 1.68. The van der Waals surface area contributed by atoms with Crippen LogP contribution in [-0.4, -0.2) is 10.4 Å². The van der Waals surface area contributed by atoms with Gasteiger partial charge in [0, 0.05) is 17.8 Å². The Balaban J connectivity index is 2.25. The highest BCUT2D eigenvalue weighted by molar-refractivity contribution is 6.30. The summed E-state index contributed by atoms with van der Waals surface area (Å²) in [5.41, 5.74) is 0.345. The van der Waals surface area contributed by atoms with Crippen LogP contribution >= 0.6 is 11.6 Å². The number of Topliss-reactive ketones (excluding diaryl/α,β-unsaturated/α-hetero) is 1. The van der Waals surface area contributed by atoms with E-state index in [9.17, 15) is 9.59 Å². The summed E-state index contributed by atoms with van der Waals surface area (Å²) in [5, 5.41) is 0.436. The Bertz CT molecular complexity index is 590. The average molecular weight is 248 g/mol. The van der Waals surface area contributed by atoms with Crippen LogP contribution in [0, 0.1) is 0 Å². The van der Waals surface area contributed by atoms with Crippen molar-refractivity contribution in [2.24, 2.45) is 0 Å². The van der Waals surface area contributed by atoms with E-state index in [2.05, 4.69) is 0 Å². The first-order valence-electron chi connectivity index (χ1n) is 5.11. The van der Waals surface area contributed by atoms with Crippen molar-refractivity contribution in [2.45, 2.75) is 6.54 Å². The van der Waals surface area contributed by atoms with Crippen molar-refractivity contribution in [3.63, 3.8) is 0 Å². The van der Waals surface area contributed by atoms with Gasteiger partial charge in [0.25, 0.3) is 5.56 Å². The maximum absolute atomic E-state index is 11.9. The standard InChI is InChI=1S/C13H10ClNO2/c14-11-6-7-13(17)15(8-11)9-12(16)10-4-2-1-3-5-10/h1-8H,9H2. The minimum absolute atomic E-state index is 0.00338. The lowest BCUT2D eigenvalue weighted by Crippen LogP contribution is -2.22. The van der Waals surface area contributed by atoms with Gasteiger partial charge in [-0.1, -0.05) is 41.9 Å². The molecular formula is C13H10ClNO2. The molecule has 3 nitrogen and oxygen atoms in total. The zero-order valence-corrected chi connectivity index (χ0v) is 9.72. The Kier molecular flexibility index (Phi) is 3.40. The highest BCUT2D eigenvalue weighted by atomic mass is 35.5. The average Bonchev–Trinajstić information content (AvgIpc) is 2.35. The van der Waals surface area contributed by atoms with Crippen molar-refractivity contribution in [3.05, 3.63) is 69.6 Å². The number of carbonyl (C=O) groups excluding carboxylic acids is 1. The van der Waals surface area contributed by atoms with Gasteiger partial charge in [-0.25, -0.2) is 0 Å². The lowest BCUT2D eigenvalue weighted by molar-refractivity contribution is 0.0971. The number of hydrogen-bond acceptors (Lipinski definition) is 2. The van der Waals surface area contributed by atoms with E-state index in [-0.39, 0.29) is 17.9 Å². The first-order valence-corrected chi connectivity index (χ1v) is 5.49. The summed E-state index contributed by atoms with van der Waals surface area (Å²) in [6, 6.07) is 11.7. The second-order valence-corrected chi connectivity index (χ2v) is 4.04. The minimum atomic E-state index is -0.237. The first kappa shape index (κ1) is 11.6. The van der Waals surface area contributed by atoms with Gasteiger partial charge in [0.1, 0.15) is 0 Å². The molecule has 4 heteroatoms. The first-order chi connectivity index (χ1) is 8.16. The maximum Gasteiger partial charge on any atom is 0.251 e. The molecule has 0 aliphatic carbocycles. The zero-order chi connectivity index (χ0) is 12.3. The summed E-state index contributed by atoms with van der Waals surface area (Å²) in [7, 11) is 0. The molecule has 2 aromatic rings. The molecule has 86 valence electrons. The maximum atomic E-state index is 11.9. The molecule has 0 aliphatic rings. The predicted octanol–water partition coefficient (Wildman–Crippen LogP) is 2.38. The van der Waals surface area contributed by atoms with Gasteiger partial charge in [-0.05, 0) is 6.07 Å². The predicted molar refractivity (Wildman–Crippen MR) is 66.5 cm³/mol. The Labute approximate surface area is 103 Å². The molecule has 1 aromatic carbocycles. The van der Waals surface area contributed by atoms with Crippen LogP contribution in [0.2, 0.25) is 5.02 Å². The van der Waals surface area contributed by atoms with Gasteiger partial charge < -0.3 is 4.57 Å². The summed E-state index contributed by atoms with van der Waals surface area (Å²) >= 11 is 5.78. The summed E-state index contributed by atoms with van der Waals surface area (Å²) < 4.78 is 1.30.